The largest absolute Gasteiger partial charge is 0.351 e. The summed E-state index contributed by atoms with van der Waals surface area (Å²) in [6, 6.07) is 4.78. The lowest BCUT2D eigenvalue weighted by molar-refractivity contribution is 0.0507. The highest BCUT2D eigenvalue weighted by atomic mass is 35.5. The van der Waals surface area contributed by atoms with Crippen LogP contribution in [0.4, 0.5) is 0 Å². The molecule has 0 unspecified atom stereocenters. The van der Waals surface area contributed by atoms with Crippen molar-refractivity contribution >= 4 is 39.1 Å². The average Bonchev–Trinajstić information content (AvgIpc) is 3.32. The van der Waals surface area contributed by atoms with Crippen molar-refractivity contribution in [1.29, 1.82) is 0 Å². The van der Waals surface area contributed by atoms with E-state index in [-0.39, 0.29) is 17.1 Å². The van der Waals surface area contributed by atoms with Crippen LogP contribution in [-0.4, -0.2) is 44.0 Å². The summed E-state index contributed by atoms with van der Waals surface area (Å²) in [4.78, 5) is 12.5. The second kappa shape index (κ2) is 7.66. The van der Waals surface area contributed by atoms with E-state index in [9.17, 15) is 13.2 Å². The number of nitrogens with zero attached hydrogens (tertiary/aromatic N) is 1. The van der Waals surface area contributed by atoms with Crippen LogP contribution in [0.3, 0.4) is 0 Å². The molecular formula is C18H24Cl2N2O3S. The molecule has 1 amide bonds. The molecular weight excluding hydrogens is 395 g/mol. The highest BCUT2D eigenvalue weighted by Crippen LogP contribution is 2.45. The van der Waals surface area contributed by atoms with Gasteiger partial charge in [0.25, 0.3) is 5.91 Å². The van der Waals surface area contributed by atoms with Crippen molar-refractivity contribution in [1.82, 2.24) is 9.62 Å². The minimum atomic E-state index is -3.18. The Bertz CT molecular complexity index is 788. The first kappa shape index (κ1) is 19.9. The number of halogens is 2. The molecule has 1 N–H and O–H groups in total. The number of rotatable bonds is 8. The average molecular weight is 419 g/mol. The number of sulfonamides is 1. The summed E-state index contributed by atoms with van der Waals surface area (Å²) in [6.45, 7) is 3.30. The minimum Gasteiger partial charge on any atom is -0.351 e. The predicted molar refractivity (Wildman–Crippen MR) is 104 cm³/mol. The molecule has 1 aromatic carbocycles. The molecule has 3 rings (SSSR count). The lowest BCUT2D eigenvalue weighted by Crippen LogP contribution is -2.62. The molecule has 1 aliphatic heterocycles. The molecule has 8 heteroatoms. The quantitative estimate of drug-likeness (QED) is 0.701. The van der Waals surface area contributed by atoms with Crippen molar-refractivity contribution in [2.75, 3.05) is 25.4 Å². The molecule has 0 bridgehead atoms. The first-order chi connectivity index (χ1) is 12.2. The van der Waals surface area contributed by atoms with Gasteiger partial charge < -0.3 is 5.32 Å². The zero-order valence-corrected chi connectivity index (χ0v) is 17.1. The number of carbonyl (C=O) groups excluding carboxylic acids is 1. The van der Waals surface area contributed by atoms with E-state index < -0.39 is 10.0 Å². The lowest BCUT2D eigenvalue weighted by Gasteiger charge is -2.49. The van der Waals surface area contributed by atoms with Gasteiger partial charge in [-0.3, -0.25) is 4.79 Å². The Morgan fingerprint density at radius 1 is 1.31 bits per heavy atom. The van der Waals surface area contributed by atoms with Gasteiger partial charge in [-0.1, -0.05) is 43.0 Å². The number of nitrogens with one attached hydrogen (secondary N) is 1. The van der Waals surface area contributed by atoms with Crippen LogP contribution in [0.15, 0.2) is 18.2 Å². The Hall–Kier alpha value is -0.820. The Morgan fingerprint density at radius 3 is 2.58 bits per heavy atom. The first-order valence-corrected chi connectivity index (χ1v) is 11.3. The predicted octanol–water partition coefficient (Wildman–Crippen LogP) is 3.57. The molecule has 1 aromatic rings. The van der Waals surface area contributed by atoms with E-state index in [4.69, 9.17) is 23.2 Å². The number of hydrogen-bond acceptors (Lipinski definition) is 3. The summed E-state index contributed by atoms with van der Waals surface area (Å²) in [7, 11) is -3.18. The summed E-state index contributed by atoms with van der Waals surface area (Å²) >= 11 is 12.0. The molecule has 0 radical (unpaired) electrons. The Morgan fingerprint density at radius 2 is 2.00 bits per heavy atom. The normalized spacial score (nSPS) is 19.8. The molecule has 26 heavy (non-hydrogen) atoms. The van der Waals surface area contributed by atoms with Crippen molar-refractivity contribution in [3.8, 4) is 0 Å². The van der Waals surface area contributed by atoms with Crippen LogP contribution in [0.2, 0.25) is 10.0 Å². The molecule has 5 nitrogen and oxygen atoms in total. The van der Waals surface area contributed by atoms with Gasteiger partial charge in [0, 0.05) is 30.1 Å². The van der Waals surface area contributed by atoms with Crippen LogP contribution >= 0.6 is 23.2 Å². The molecule has 0 spiro atoms. The number of hydrogen-bond donors (Lipinski definition) is 1. The molecule has 2 fully saturated rings. The molecule has 1 saturated heterocycles. The highest BCUT2D eigenvalue weighted by Gasteiger charge is 2.50. The van der Waals surface area contributed by atoms with Gasteiger partial charge in [-0.15, -0.1) is 0 Å². The summed E-state index contributed by atoms with van der Waals surface area (Å²) in [5.74, 6) is 0.581. The van der Waals surface area contributed by atoms with Gasteiger partial charge >= 0.3 is 0 Å². The summed E-state index contributed by atoms with van der Waals surface area (Å²) < 4.78 is 26.0. The van der Waals surface area contributed by atoms with E-state index >= 15 is 0 Å². The third-order valence-corrected chi connectivity index (χ3v) is 7.61. The molecule has 1 aliphatic carbocycles. The maximum Gasteiger partial charge on any atom is 0.252 e. The Kier molecular flexibility index (Phi) is 5.87. The summed E-state index contributed by atoms with van der Waals surface area (Å²) in [5, 5.41) is 3.74. The van der Waals surface area contributed by atoms with Crippen molar-refractivity contribution in [2.24, 2.45) is 11.3 Å². The van der Waals surface area contributed by atoms with Crippen LogP contribution in [0.1, 0.15) is 43.0 Å². The van der Waals surface area contributed by atoms with Gasteiger partial charge in [-0.05, 0) is 37.0 Å². The summed E-state index contributed by atoms with van der Waals surface area (Å²) in [5.41, 5.74) is 0.212. The number of benzene rings is 1. The maximum atomic E-state index is 12.5. The second-order valence-electron chi connectivity index (χ2n) is 7.54. The zero-order valence-electron chi connectivity index (χ0n) is 14.8. The van der Waals surface area contributed by atoms with Crippen LogP contribution < -0.4 is 5.32 Å². The molecule has 144 valence electrons. The number of carbonyl (C=O) groups is 1. The van der Waals surface area contributed by atoms with Gasteiger partial charge in [-0.25, -0.2) is 12.7 Å². The Balaban J connectivity index is 1.64. The van der Waals surface area contributed by atoms with Crippen molar-refractivity contribution in [3.05, 3.63) is 33.8 Å². The standard InChI is InChI=1S/C18H24Cl2N2O3S/c1-2-7-26(24,25)22-11-18(12-22,9-13-3-4-13)10-21-17(23)15-6-5-14(19)8-16(15)20/h5-6,8,13H,2-4,7,9-12H2,1H3,(H,21,23). The van der Waals surface area contributed by atoms with Crippen molar-refractivity contribution in [3.63, 3.8) is 0 Å². The molecule has 1 heterocycles. The monoisotopic (exact) mass is 418 g/mol. The fourth-order valence-electron chi connectivity index (χ4n) is 3.57. The third kappa shape index (κ3) is 4.53. The van der Waals surface area contributed by atoms with E-state index in [0.717, 1.165) is 6.42 Å². The van der Waals surface area contributed by atoms with Crippen LogP contribution in [0.5, 0.6) is 0 Å². The van der Waals surface area contributed by atoms with Gasteiger partial charge in [0.1, 0.15) is 0 Å². The second-order valence-corrected chi connectivity index (χ2v) is 10.5. The van der Waals surface area contributed by atoms with Crippen LogP contribution in [0.25, 0.3) is 0 Å². The fraction of sp³-hybridized carbons (Fsp3) is 0.611. The van der Waals surface area contributed by atoms with E-state index in [1.165, 1.54) is 12.8 Å². The summed E-state index contributed by atoms with van der Waals surface area (Å²) in [6.07, 6.45) is 3.96. The molecule has 2 aliphatic rings. The minimum absolute atomic E-state index is 0.170. The van der Waals surface area contributed by atoms with Gasteiger partial charge in [0.05, 0.1) is 16.3 Å². The van der Waals surface area contributed by atoms with E-state index in [0.29, 0.717) is 47.6 Å². The number of amides is 1. The van der Waals surface area contributed by atoms with Gasteiger partial charge in [-0.2, -0.15) is 0 Å². The highest BCUT2D eigenvalue weighted by molar-refractivity contribution is 7.89. The maximum absolute atomic E-state index is 12.5. The lowest BCUT2D eigenvalue weighted by atomic mass is 9.76. The van der Waals surface area contributed by atoms with Crippen LogP contribution in [-0.2, 0) is 10.0 Å². The molecule has 1 saturated carbocycles. The molecule has 0 aromatic heterocycles. The Labute approximate surface area is 165 Å². The van der Waals surface area contributed by atoms with Crippen molar-refractivity contribution in [2.45, 2.75) is 32.6 Å². The van der Waals surface area contributed by atoms with E-state index in [1.807, 2.05) is 6.92 Å². The van der Waals surface area contributed by atoms with Gasteiger partial charge in [0.15, 0.2) is 0 Å². The van der Waals surface area contributed by atoms with E-state index in [2.05, 4.69) is 5.32 Å². The van der Waals surface area contributed by atoms with Crippen molar-refractivity contribution < 1.29 is 13.2 Å². The van der Waals surface area contributed by atoms with Gasteiger partial charge in [0.2, 0.25) is 10.0 Å². The topological polar surface area (TPSA) is 66.5 Å². The zero-order chi connectivity index (χ0) is 18.9. The molecule has 0 atom stereocenters. The third-order valence-electron chi connectivity index (χ3n) is 5.10. The first-order valence-electron chi connectivity index (χ1n) is 8.96. The van der Waals surface area contributed by atoms with E-state index in [1.54, 1.807) is 22.5 Å². The fourth-order valence-corrected chi connectivity index (χ4v) is 5.78. The van der Waals surface area contributed by atoms with Crippen LogP contribution in [0, 0.1) is 11.3 Å². The SMILES string of the molecule is CCCS(=O)(=O)N1CC(CNC(=O)c2ccc(Cl)cc2Cl)(CC2CC2)C1. The smallest absolute Gasteiger partial charge is 0.252 e.